The number of rotatable bonds is 6. The minimum Gasteiger partial charge on any atom is -0.369 e. The molecule has 4 nitrogen and oxygen atoms in total. The van der Waals surface area contributed by atoms with Gasteiger partial charge in [-0.25, -0.2) is 0 Å². The predicted octanol–water partition coefficient (Wildman–Crippen LogP) is 4.32. The topological polar surface area (TPSA) is 46.4 Å². The van der Waals surface area contributed by atoms with E-state index in [2.05, 4.69) is 18.7 Å². The molecule has 0 N–H and O–H groups in total. The second kappa shape index (κ2) is 6.73. The summed E-state index contributed by atoms with van der Waals surface area (Å²) in [7, 11) is 0. The summed E-state index contributed by atoms with van der Waals surface area (Å²) < 4.78 is 0. The molecule has 1 aromatic carbocycles. The molecule has 1 aliphatic heterocycles. The monoisotopic (exact) mass is 276 g/mol. The van der Waals surface area contributed by atoms with Crippen LogP contribution in [-0.4, -0.2) is 17.5 Å². The number of anilines is 1. The Hall–Kier alpha value is -1.58. The van der Waals surface area contributed by atoms with Crippen molar-refractivity contribution in [2.45, 2.75) is 58.4 Å². The fraction of sp³-hybridized carbons (Fsp3) is 0.625. The molecule has 1 heterocycles. The Morgan fingerprint density at radius 2 is 2.15 bits per heavy atom. The Morgan fingerprint density at radius 1 is 1.35 bits per heavy atom. The third-order valence-electron chi connectivity index (χ3n) is 4.20. The number of nitro benzene ring substituents is 1. The quantitative estimate of drug-likeness (QED) is 0.441. The van der Waals surface area contributed by atoms with Crippen LogP contribution in [0.5, 0.6) is 0 Å². The summed E-state index contributed by atoms with van der Waals surface area (Å²) in [5.41, 5.74) is 2.54. The van der Waals surface area contributed by atoms with Crippen molar-refractivity contribution in [3.8, 4) is 0 Å². The van der Waals surface area contributed by atoms with Gasteiger partial charge in [0.2, 0.25) is 0 Å². The van der Waals surface area contributed by atoms with Gasteiger partial charge >= 0.3 is 0 Å². The summed E-state index contributed by atoms with van der Waals surface area (Å²) in [5, 5.41) is 10.9. The molecule has 0 saturated carbocycles. The van der Waals surface area contributed by atoms with Crippen LogP contribution in [0.1, 0.15) is 51.5 Å². The molecule has 0 fully saturated rings. The van der Waals surface area contributed by atoms with Crippen LogP contribution in [0, 0.1) is 10.1 Å². The van der Waals surface area contributed by atoms with Crippen LogP contribution in [0.4, 0.5) is 11.4 Å². The highest BCUT2D eigenvalue weighted by atomic mass is 16.6. The smallest absolute Gasteiger partial charge is 0.269 e. The number of fused-ring (bicyclic) bond motifs is 1. The molecule has 0 bridgehead atoms. The molecule has 0 aromatic heterocycles. The molecule has 0 spiro atoms. The standard InChI is InChI=1S/C16H24N2O2/c1-3-4-5-6-11-17-13(2)7-8-14-12-15(18(19)20)9-10-16(14)17/h9-10,12-13H,3-8,11H2,1-2H3/t13-/m1/s1. The van der Waals surface area contributed by atoms with Crippen LogP contribution >= 0.6 is 0 Å². The normalized spacial score (nSPS) is 17.9. The molecule has 1 aromatic rings. The van der Waals surface area contributed by atoms with Crippen molar-refractivity contribution in [1.29, 1.82) is 0 Å². The first kappa shape index (κ1) is 14.8. The first-order chi connectivity index (χ1) is 9.63. The molecule has 0 aliphatic carbocycles. The van der Waals surface area contributed by atoms with Gasteiger partial charge in [0.25, 0.3) is 5.69 Å². The third kappa shape index (κ3) is 3.30. The van der Waals surface area contributed by atoms with E-state index in [-0.39, 0.29) is 10.6 Å². The van der Waals surface area contributed by atoms with E-state index in [1.807, 2.05) is 6.07 Å². The second-order valence-electron chi connectivity index (χ2n) is 5.71. The van der Waals surface area contributed by atoms with Gasteiger partial charge in [-0.1, -0.05) is 26.2 Å². The zero-order valence-electron chi connectivity index (χ0n) is 12.5. The van der Waals surface area contributed by atoms with Crippen molar-refractivity contribution in [3.05, 3.63) is 33.9 Å². The maximum atomic E-state index is 10.9. The molecule has 1 atom stereocenters. The van der Waals surface area contributed by atoms with Crippen LogP contribution in [-0.2, 0) is 6.42 Å². The highest BCUT2D eigenvalue weighted by Crippen LogP contribution is 2.33. The molecular formula is C16H24N2O2. The number of non-ortho nitro benzene ring substituents is 1. The number of benzene rings is 1. The number of hydrogen-bond donors (Lipinski definition) is 0. The largest absolute Gasteiger partial charge is 0.369 e. The highest BCUT2D eigenvalue weighted by Gasteiger charge is 2.24. The molecule has 2 rings (SSSR count). The van der Waals surface area contributed by atoms with Gasteiger partial charge in [0.05, 0.1) is 4.92 Å². The van der Waals surface area contributed by atoms with Crippen LogP contribution in [0.2, 0.25) is 0 Å². The zero-order valence-corrected chi connectivity index (χ0v) is 12.5. The van der Waals surface area contributed by atoms with Gasteiger partial charge in [0.1, 0.15) is 0 Å². The fourth-order valence-corrected chi connectivity index (χ4v) is 2.97. The van der Waals surface area contributed by atoms with Crippen molar-refractivity contribution in [1.82, 2.24) is 0 Å². The van der Waals surface area contributed by atoms with Gasteiger partial charge in [-0.2, -0.15) is 0 Å². The number of unbranched alkanes of at least 4 members (excludes halogenated alkanes) is 3. The van der Waals surface area contributed by atoms with Gasteiger partial charge in [0.15, 0.2) is 0 Å². The molecule has 0 saturated heterocycles. The maximum Gasteiger partial charge on any atom is 0.269 e. The Morgan fingerprint density at radius 3 is 2.85 bits per heavy atom. The molecule has 4 heteroatoms. The van der Waals surface area contributed by atoms with E-state index in [0.29, 0.717) is 6.04 Å². The lowest BCUT2D eigenvalue weighted by Gasteiger charge is -2.37. The van der Waals surface area contributed by atoms with E-state index in [0.717, 1.165) is 24.9 Å². The van der Waals surface area contributed by atoms with Crippen molar-refractivity contribution >= 4 is 11.4 Å². The first-order valence-corrected chi connectivity index (χ1v) is 7.67. The molecule has 1 aliphatic rings. The Balaban J connectivity index is 2.12. The van der Waals surface area contributed by atoms with E-state index >= 15 is 0 Å². The summed E-state index contributed by atoms with van der Waals surface area (Å²) >= 11 is 0. The predicted molar refractivity (Wildman–Crippen MR) is 82.4 cm³/mol. The van der Waals surface area contributed by atoms with Gasteiger partial charge in [-0.3, -0.25) is 10.1 Å². The number of nitro groups is 1. The Kier molecular flexibility index (Phi) is 4.99. The van der Waals surface area contributed by atoms with Crippen LogP contribution in [0.25, 0.3) is 0 Å². The SMILES string of the molecule is CCCCCCN1c2ccc([N+](=O)[O-])cc2CC[C@H]1C. The van der Waals surface area contributed by atoms with Gasteiger partial charge in [-0.05, 0) is 37.8 Å². The average Bonchev–Trinajstić information content (AvgIpc) is 2.44. The average molecular weight is 276 g/mol. The minimum atomic E-state index is -0.302. The lowest BCUT2D eigenvalue weighted by Crippen LogP contribution is -2.38. The zero-order chi connectivity index (χ0) is 14.5. The third-order valence-corrected chi connectivity index (χ3v) is 4.20. The van der Waals surface area contributed by atoms with Crippen molar-refractivity contribution < 1.29 is 4.92 Å². The van der Waals surface area contributed by atoms with Gasteiger partial charge in [-0.15, -0.1) is 0 Å². The van der Waals surface area contributed by atoms with Gasteiger partial charge < -0.3 is 4.90 Å². The summed E-state index contributed by atoms with van der Waals surface area (Å²) in [6.07, 6.45) is 7.04. The number of aryl methyl sites for hydroxylation is 1. The summed E-state index contributed by atoms with van der Waals surface area (Å²) in [6.45, 7) is 5.54. The van der Waals surface area contributed by atoms with Crippen molar-refractivity contribution in [2.75, 3.05) is 11.4 Å². The summed E-state index contributed by atoms with van der Waals surface area (Å²) in [4.78, 5) is 13.0. The number of hydrogen-bond acceptors (Lipinski definition) is 3. The van der Waals surface area contributed by atoms with E-state index < -0.39 is 0 Å². The van der Waals surface area contributed by atoms with Crippen molar-refractivity contribution in [2.24, 2.45) is 0 Å². The summed E-state index contributed by atoms with van der Waals surface area (Å²) in [6, 6.07) is 5.85. The highest BCUT2D eigenvalue weighted by molar-refractivity contribution is 5.60. The molecule has 110 valence electrons. The van der Waals surface area contributed by atoms with E-state index in [1.165, 1.54) is 31.4 Å². The molecular weight excluding hydrogens is 252 g/mol. The number of nitrogens with zero attached hydrogens (tertiary/aromatic N) is 2. The van der Waals surface area contributed by atoms with Crippen LogP contribution in [0.15, 0.2) is 18.2 Å². The fourth-order valence-electron chi connectivity index (χ4n) is 2.97. The van der Waals surface area contributed by atoms with Gasteiger partial charge in [0, 0.05) is 30.4 Å². The molecule has 20 heavy (non-hydrogen) atoms. The second-order valence-corrected chi connectivity index (χ2v) is 5.71. The van der Waals surface area contributed by atoms with E-state index in [1.54, 1.807) is 12.1 Å². The van der Waals surface area contributed by atoms with E-state index in [4.69, 9.17) is 0 Å². The lowest BCUT2D eigenvalue weighted by molar-refractivity contribution is -0.384. The lowest BCUT2D eigenvalue weighted by atomic mass is 9.95. The minimum absolute atomic E-state index is 0.212. The molecule has 0 amide bonds. The molecule has 0 radical (unpaired) electrons. The Labute approximate surface area is 120 Å². The van der Waals surface area contributed by atoms with Crippen molar-refractivity contribution in [3.63, 3.8) is 0 Å². The molecule has 0 unspecified atom stereocenters. The summed E-state index contributed by atoms with van der Waals surface area (Å²) in [5.74, 6) is 0. The Bertz CT molecular complexity index is 474. The van der Waals surface area contributed by atoms with Crippen LogP contribution < -0.4 is 4.90 Å². The van der Waals surface area contributed by atoms with E-state index in [9.17, 15) is 10.1 Å². The first-order valence-electron chi connectivity index (χ1n) is 7.67. The maximum absolute atomic E-state index is 10.9. The van der Waals surface area contributed by atoms with Crippen LogP contribution in [0.3, 0.4) is 0 Å².